The quantitative estimate of drug-likeness (QED) is 0.240. The summed E-state index contributed by atoms with van der Waals surface area (Å²) in [6.45, 7) is 5.95. The minimum atomic E-state index is -0.940. The number of ketones is 1. The zero-order valence-electron chi connectivity index (χ0n) is 22.4. The third-order valence-electron chi connectivity index (χ3n) is 6.45. The number of furan rings is 1. The number of aliphatic hydroxyl groups is 1. The first-order chi connectivity index (χ1) is 18.9. The molecule has 1 aromatic heterocycles. The zero-order valence-corrected chi connectivity index (χ0v) is 23.2. The number of nitrogens with zero attached hydrogens (tertiary/aromatic N) is 1. The van der Waals surface area contributed by atoms with Gasteiger partial charge in [0.05, 0.1) is 18.7 Å². The Morgan fingerprint density at radius 2 is 1.70 bits per heavy atom. The summed E-state index contributed by atoms with van der Waals surface area (Å²) >= 11 is 6.18. The molecule has 0 radical (unpaired) electrons. The van der Waals surface area contributed by atoms with Gasteiger partial charge in [0.2, 0.25) is 5.78 Å². The number of carbonyl (C=O) groups excluding carboxylic acids is 2. The number of amides is 1. The van der Waals surface area contributed by atoms with Crippen molar-refractivity contribution in [1.29, 1.82) is 0 Å². The second kappa shape index (κ2) is 10.3. The Kier molecular flexibility index (Phi) is 6.98. The number of halogens is 1. The molecule has 0 saturated heterocycles. The Balaban J connectivity index is 1.53. The van der Waals surface area contributed by atoms with E-state index in [0.29, 0.717) is 33.1 Å². The largest absolute Gasteiger partial charge is 0.508 e. The monoisotopic (exact) mass is 561 g/mol. The summed E-state index contributed by atoms with van der Waals surface area (Å²) in [6, 6.07) is 17.2. The van der Waals surface area contributed by atoms with E-state index in [0.717, 1.165) is 5.56 Å². The van der Waals surface area contributed by atoms with Crippen LogP contribution in [0.3, 0.4) is 0 Å². The molecule has 206 valence electrons. The van der Waals surface area contributed by atoms with Crippen molar-refractivity contribution in [2.45, 2.75) is 39.0 Å². The minimum absolute atomic E-state index is 0.0244. The van der Waals surface area contributed by atoms with Gasteiger partial charge in [0.15, 0.2) is 22.9 Å². The molecular formula is C31H28ClNO7. The first kappa shape index (κ1) is 27.1. The predicted octanol–water partition coefficient (Wildman–Crippen LogP) is 6.76. The highest BCUT2D eigenvalue weighted by atomic mass is 35.5. The number of phenols is 1. The molecule has 0 saturated carbocycles. The molecule has 2 heterocycles. The maximum atomic E-state index is 13.9. The number of carbonyl (C=O) groups is 2. The summed E-state index contributed by atoms with van der Waals surface area (Å²) in [6.07, 6.45) is 0. The molecule has 9 heteroatoms. The second-order valence-electron chi connectivity index (χ2n) is 10.5. The molecule has 0 spiro atoms. The second-order valence-corrected chi connectivity index (χ2v) is 11.0. The van der Waals surface area contributed by atoms with Gasteiger partial charge < -0.3 is 29.0 Å². The fourth-order valence-corrected chi connectivity index (χ4v) is 4.96. The molecule has 1 aliphatic rings. The highest BCUT2D eigenvalue weighted by Gasteiger charge is 2.44. The van der Waals surface area contributed by atoms with Gasteiger partial charge in [0, 0.05) is 23.0 Å². The van der Waals surface area contributed by atoms with Crippen molar-refractivity contribution in [1.82, 2.24) is 4.90 Å². The molecule has 1 amide bonds. The van der Waals surface area contributed by atoms with Crippen LogP contribution in [0.5, 0.6) is 17.2 Å². The lowest BCUT2D eigenvalue weighted by Gasteiger charge is -2.27. The maximum Gasteiger partial charge on any atom is 0.290 e. The number of fused-ring (bicyclic) bond motifs is 1. The lowest BCUT2D eigenvalue weighted by molar-refractivity contribution is -0.130. The van der Waals surface area contributed by atoms with Crippen molar-refractivity contribution in [3.8, 4) is 17.2 Å². The summed E-state index contributed by atoms with van der Waals surface area (Å²) < 4.78 is 17.1. The topological polar surface area (TPSA) is 109 Å². The van der Waals surface area contributed by atoms with E-state index in [1.165, 1.54) is 30.2 Å². The van der Waals surface area contributed by atoms with Gasteiger partial charge in [-0.3, -0.25) is 9.59 Å². The Hall–Kier alpha value is -4.43. The van der Waals surface area contributed by atoms with E-state index in [-0.39, 0.29) is 29.2 Å². The number of hydrogen-bond acceptors (Lipinski definition) is 7. The first-order valence-corrected chi connectivity index (χ1v) is 13.0. The molecule has 1 aliphatic heterocycles. The van der Waals surface area contributed by atoms with E-state index in [4.69, 9.17) is 25.5 Å². The van der Waals surface area contributed by atoms with Crippen LogP contribution in [0.25, 0.3) is 11.0 Å². The van der Waals surface area contributed by atoms with Crippen LogP contribution in [0.15, 0.2) is 82.5 Å². The summed E-state index contributed by atoms with van der Waals surface area (Å²) in [7, 11) is 1.46. The lowest BCUT2D eigenvalue weighted by Crippen LogP contribution is -2.30. The molecule has 4 aromatic rings. The van der Waals surface area contributed by atoms with E-state index in [1.54, 1.807) is 24.3 Å². The third kappa shape index (κ3) is 5.22. The number of aliphatic hydroxyl groups excluding tert-OH is 1. The van der Waals surface area contributed by atoms with Crippen molar-refractivity contribution in [3.63, 3.8) is 0 Å². The number of methoxy groups -OCH3 is 1. The van der Waals surface area contributed by atoms with Crippen LogP contribution in [0.1, 0.15) is 48.5 Å². The van der Waals surface area contributed by atoms with Crippen LogP contribution in [-0.2, 0) is 11.3 Å². The molecule has 1 unspecified atom stereocenters. The molecular weight excluding hydrogens is 534 g/mol. The number of rotatable bonds is 7. The van der Waals surface area contributed by atoms with Crippen molar-refractivity contribution < 1.29 is 33.7 Å². The average Bonchev–Trinajstić information content (AvgIpc) is 3.43. The Morgan fingerprint density at radius 1 is 1.02 bits per heavy atom. The predicted molar refractivity (Wildman–Crippen MR) is 150 cm³/mol. The highest BCUT2D eigenvalue weighted by molar-refractivity contribution is 6.31. The molecule has 5 rings (SSSR count). The molecule has 0 fully saturated rings. The van der Waals surface area contributed by atoms with Gasteiger partial charge in [0.1, 0.15) is 17.1 Å². The maximum absolute atomic E-state index is 13.9. The summed E-state index contributed by atoms with van der Waals surface area (Å²) in [5, 5.41) is 21.8. The van der Waals surface area contributed by atoms with Gasteiger partial charge in [-0.1, -0.05) is 35.9 Å². The standard InChI is InChI=1S/C31H28ClNO7/c1-31(2,3)40-22-11-5-17(6-12-22)16-33-26(18-7-9-21(34)10-8-18)25(28(36)30(33)37)27(35)23-14-19-13-20(32)15-24(38-4)29(19)39-23/h5-15,26,34,36H,16H2,1-4H3. The summed E-state index contributed by atoms with van der Waals surface area (Å²) in [4.78, 5) is 28.7. The smallest absolute Gasteiger partial charge is 0.290 e. The van der Waals surface area contributed by atoms with E-state index in [1.807, 2.05) is 45.0 Å². The van der Waals surface area contributed by atoms with Crippen LogP contribution in [0.4, 0.5) is 0 Å². The van der Waals surface area contributed by atoms with Gasteiger partial charge in [-0.05, 0) is 68.3 Å². The summed E-state index contributed by atoms with van der Waals surface area (Å²) in [5.41, 5.74) is 1.11. The van der Waals surface area contributed by atoms with Crippen molar-refractivity contribution in [3.05, 3.63) is 100.0 Å². The van der Waals surface area contributed by atoms with Crippen LogP contribution in [0.2, 0.25) is 5.02 Å². The molecule has 1 atom stereocenters. The number of benzene rings is 3. The van der Waals surface area contributed by atoms with Gasteiger partial charge >= 0.3 is 0 Å². The van der Waals surface area contributed by atoms with Crippen LogP contribution in [-0.4, -0.2) is 39.5 Å². The van der Waals surface area contributed by atoms with Gasteiger partial charge in [0.25, 0.3) is 5.91 Å². The normalized spacial score (nSPS) is 15.7. The van der Waals surface area contributed by atoms with Gasteiger partial charge in [-0.2, -0.15) is 0 Å². The average molecular weight is 562 g/mol. The Labute approximate surface area is 236 Å². The minimum Gasteiger partial charge on any atom is -0.508 e. The SMILES string of the molecule is COc1cc(Cl)cc2cc(C(=O)C3=C(O)C(=O)N(Cc4ccc(OC(C)(C)C)cc4)C3c3ccc(O)cc3)oc12. The molecule has 3 aromatic carbocycles. The Morgan fingerprint density at radius 3 is 2.33 bits per heavy atom. The highest BCUT2D eigenvalue weighted by Crippen LogP contribution is 2.42. The molecule has 0 aliphatic carbocycles. The third-order valence-corrected chi connectivity index (χ3v) is 6.67. The van der Waals surface area contributed by atoms with Gasteiger partial charge in [-0.25, -0.2) is 0 Å². The number of phenolic OH excluding ortho intramolecular Hbond substituents is 1. The van der Waals surface area contributed by atoms with E-state index in [2.05, 4.69) is 0 Å². The lowest BCUT2D eigenvalue weighted by atomic mass is 9.94. The van der Waals surface area contributed by atoms with E-state index >= 15 is 0 Å². The number of hydrogen-bond donors (Lipinski definition) is 2. The molecule has 40 heavy (non-hydrogen) atoms. The number of ether oxygens (including phenoxy) is 2. The van der Waals surface area contributed by atoms with Crippen molar-refractivity contribution >= 4 is 34.3 Å². The van der Waals surface area contributed by atoms with Crippen LogP contribution in [0, 0.1) is 0 Å². The van der Waals surface area contributed by atoms with Crippen molar-refractivity contribution in [2.24, 2.45) is 0 Å². The zero-order chi connectivity index (χ0) is 28.8. The van der Waals surface area contributed by atoms with E-state index < -0.39 is 23.5 Å². The number of Topliss-reactive ketones (excluding diaryl/α,β-unsaturated/α-hetero) is 1. The first-order valence-electron chi connectivity index (χ1n) is 12.6. The molecule has 0 bridgehead atoms. The summed E-state index contributed by atoms with van der Waals surface area (Å²) in [5.74, 6) is -1.06. The number of aromatic hydroxyl groups is 1. The van der Waals surface area contributed by atoms with E-state index in [9.17, 15) is 19.8 Å². The van der Waals surface area contributed by atoms with Crippen LogP contribution >= 0.6 is 11.6 Å². The fraction of sp³-hybridized carbons (Fsp3) is 0.226. The Bertz CT molecular complexity index is 1630. The van der Waals surface area contributed by atoms with Crippen molar-refractivity contribution in [2.75, 3.05) is 7.11 Å². The molecule has 8 nitrogen and oxygen atoms in total. The van der Waals surface area contributed by atoms with Gasteiger partial charge in [-0.15, -0.1) is 0 Å². The molecule has 2 N–H and O–H groups in total. The fourth-order valence-electron chi connectivity index (χ4n) is 4.75. The van der Waals surface area contributed by atoms with Crippen LogP contribution < -0.4 is 9.47 Å².